The first-order valence-corrected chi connectivity index (χ1v) is 5.44. The van der Waals surface area contributed by atoms with Crippen LogP contribution in [0.25, 0.3) is 0 Å². The molecule has 1 amide bonds. The number of nitrogens with two attached hydrogens (primary N) is 1. The van der Waals surface area contributed by atoms with Crippen molar-refractivity contribution in [2.24, 2.45) is 5.73 Å². The average Bonchev–Trinajstić information content (AvgIpc) is 2.26. The lowest BCUT2D eigenvalue weighted by Crippen LogP contribution is -2.25. The van der Waals surface area contributed by atoms with E-state index in [4.69, 9.17) is 22.7 Å². The molecule has 1 rings (SSSR count). The van der Waals surface area contributed by atoms with Crippen molar-refractivity contribution in [1.82, 2.24) is 0 Å². The van der Waals surface area contributed by atoms with Crippen molar-refractivity contribution in [2.45, 2.75) is 19.8 Å². The summed E-state index contributed by atoms with van der Waals surface area (Å²) in [6.07, 6.45) is 0. The van der Waals surface area contributed by atoms with Crippen LogP contribution in [0.5, 0.6) is 5.75 Å². The highest BCUT2D eigenvalue weighted by atomic mass is 32.1. The van der Waals surface area contributed by atoms with Crippen LogP contribution < -0.4 is 10.5 Å². The van der Waals surface area contributed by atoms with Gasteiger partial charge in [0, 0.05) is 12.8 Å². The maximum atomic E-state index is 11.0. The molecule has 0 aliphatic carbocycles. The van der Waals surface area contributed by atoms with Crippen LogP contribution in [-0.2, 0) is 9.59 Å². The molecule has 0 bridgehead atoms. The van der Waals surface area contributed by atoms with Gasteiger partial charge >= 0.3 is 5.97 Å². The van der Waals surface area contributed by atoms with E-state index >= 15 is 0 Å². The van der Waals surface area contributed by atoms with Gasteiger partial charge in [0.2, 0.25) is 0 Å². The lowest BCUT2D eigenvalue weighted by atomic mass is 9.97. The molecule has 0 saturated heterocycles. The summed E-state index contributed by atoms with van der Waals surface area (Å²) in [6.45, 7) is 3.10. The van der Waals surface area contributed by atoms with Crippen LogP contribution in [0.2, 0.25) is 0 Å². The summed E-state index contributed by atoms with van der Waals surface area (Å²) in [4.78, 5) is 21.9. The third kappa shape index (κ3) is 3.64. The number of hydrogen-bond acceptors (Lipinski definition) is 4. The van der Waals surface area contributed by atoms with Crippen molar-refractivity contribution >= 4 is 29.0 Å². The fraction of sp³-hybridized carbons (Fsp3) is 0.250. The summed E-state index contributed by atoms with van der Waals surface area (Å²) < 4.78 is 4.95. The molecular formula is C12H13NO3S. The smallest absolute Gasteiger partial charge is 0.308 e. The Hall–Kier alpha value is -1.75. The quantitative estimate of drug-likeness (QED) is 0.501. The minimum Gasteiger partial charge on any atom is -0.427 e. The predicted octanol–water partition coefficient (Wildman–Crippen LogP) is 1.57. The van der Waals surface area contributed by atoms with Crippen LogP contribution in [0, 0.1) is 0 Å². The first-order valence-electron chi connectivity index (χ1n) is 5.04. The van der Waals surface area contributed by atoms with E-state index in [0.717, 1.165) is 5.56 Å². The Morgan fingerprint density at radius 3 is 2.59 bits per heavy atom. The third-order valence-electron chi connectivity index (χ3n) is 2.26. The van der Waals surface area contributed by atoms with Gasteiger partial charge in [-0.1, -0.05) is 31.3 Å². The molecule has 0 saturated carbocycles. The Morgan fingerprint density at radius 1 is 1.41 bits per heavy atom. The Labute approximate surface area is 105 Å². The summed E-state index contributed by atoms with van der Waals surface area (Å²) >= 11 is 4.93. The van der Waals surface area contributed by atoms with Crippen LogP contribution in [-0.4, -0.2) is 16.7 Å². The number of ether oxygens (including phenoxy) is 1. The van der Waals surface area contributed by atoms with Gasteiger partial charge in [-0.05, 0) is 17.7 Å². The molecule has 1 atom stereocenters. The number of carbonyl (C=O) groups excluding carboxylic acids is 2. The van der Waals surface area contributed by atoms with E-state index in [1.807, 2.05) is 0 Å². The maximum Gasteiger partial charge on any atom is 0.308 e. The van der Waals surface area contributed by atoms with E-state index in [2.05, 4.69) is 0 Å². The molecule has 1 aromatic rings. The zero-order valence-electron chi connectivity index (χ0n) is 9.60. The highest BCUT2D eigenvalue weighted by Gasteiger charge is 2.16. The van der Waals surface area contributed by atoms with E-state index in [9.17, 15) is 9.59 Å². The fourth-order valence-corrected chi connectivity index (χ4v) is 1.51. The molecule has 4 nitrogen and oxygen atoms in total. The standard InChI is InChI=1S/C12H13NO3S/c1-7(11(17)12(13)15)9-4-3-5-10(6-9)16-8(2)14/h3-7H,1-2H3,(H2,13,15). The first kappa shape index (κ1) is 13.3. The molecule has 0 heterocycles. The SMILES string of the molecule is CC(=O)Oc1cccc(C(C)C(=S)C(N)=O)c1. The highest BCUT2D eigenvalue weighted by Crippen LogP contribution is 2.22. The number of thiocarbonyl (C=S) groups is 1. The van der Waals surface area contributed by atoms with Crippen LogP contribution >= 0.6 is 12.2 Å². The molecule has 0 fully saturated rings. The number of primary amides is 1. The van der Waals surface area contributed by atoms with Gasteiger partial charge < -0.3 is 10.5 Å². The minimum absolute atomic E-state index is 0.157. The van der Waals surface area contributed by atoms with Crippen molar-refractivity contribution in [2.75, 3.05) is 0 Å². The molecule has 2 N–H and O–H groups in total. The van der Waals surface area contributed by atoms with Gasteiger partial charge in [-0.2, -0.15) is 0 Å². The molecule has 0 aliphatic rings. The van der Waals surface area contributed by atoms with E-state index in [1.165, 1.54) is 6.92 Å². The van der Waals surface area contributed by atoms with Crippen LogP contribution in [0.4, 0.5) is 0 Å². The van der Waals surface area contributed by atoms with Crippen LogP contribution in [0.15, 0.2) is 24.3 Å². The van der Waals surface area contributed by atoms with Crippen molar-refractivity contribution in [3.05, 3.63) is 29.8 Å². The van der Waals surface area contributed by atoms with Gasteiger partial charge in [-0.25, -0.2) is 0 Å². The molecule has 0 aromatic heterocycles. The largest absolute Gasteiger partial charge is 0.427 e. The van der Waals surface area contributed by atoms with Gasteiger partial charge in [-0.3, -0.25) is 9.59 Å². The van der Waals surface area contributed by atoms with E-state index in [1.54, 1.807) is 31.2 Å². The predicted molar refractivity (Wildman–Crippen MR) is 68.0 cm³/mol. The lowest BCUT2D eigenvalue weighted by Gasteiger charge is -2.12. The van der Waals surface area contributed by atoms with Crippen LogP contribution in [0.3, 0.4) is 0 Å². The topological polar surface area (TPSA) is 69.4 Å². The minimum atomic E-state index is -0.606. The number of carbonyl (C=O) groups is 2. The lowest BCUT2D eigenvalue weighted by molar-refractivity contribution is -0.131. The van der Waals surface area contributed by atoms with Crippen molar-refractivity contribution in [3.63, 3.8) is 0 Å². The molecule has 1 unspecified atom stereocenters. The van der Waals surface area contributed by atoms with Crippen molar-refractivity contribution < 1.29 is 14.3 Å². The summed E-state index contributed by atoms with van der Waals surface area (Å²) in [5.41, 5.74) is 5.91. The molecule has 0 radical (unpaired) electrons. The van der Waals surface area contributed by atoms with Gasteiger partial charge in [0.25, 0.3) is 5.91 Å². The third-order valence-corrected chi connectivity index (χ3v) is 2.81. The van der Waals surface area contributed by atoms with Gasteiger partial charge in [0.05, 0.1) is 4.86 Å². The number of rotatable bonds is 4. The first-order chi connectivity index (χ1) is 7.91. The van der Waals surface area contributed by atoms with Gasteiger partial charge in [0.1, 0.15) is 5.75 Å². The molecule has 5 heteroatoms. The molecule has 1 aromatic carbocycles. The Morgan fingerprint density at radius 2 is 2.06 bits per heavy atom. The monoisotopic (exact) mass is 251 g/mol. The zero-order valence-corrected chi connectivity index (χ0v) is 10.4. The maximum absolute atomic E-state index is 11.0. The van der Waals surface area contributed by atoms with E-state index < -0.39 is 11.9 Å². The second-order valence-corrected chi connectivity index (χ2v) is 4.06. The fourth-order valence-electron chi connectivity index (χ4n) is 1.38. The Balaban J connectivity index is 2.95. The highest BCUT2D eigenvalue weighted by molar-refractivity contribution is 7.82. The Kier molecular flexibility index (Phi) is 4.34. The molecule has 0 spiro atoms. The van der Waals surface area contributed by atoms with E-state index in [-0.39, 0.29) is 10.8 Å². The zero-order chi connectivity index (χ0) is 13.0. The summed E-state index contributed by atoms with van der Waals surface area (Å²) in [7, 11) is 0. The molecule has 90 valence electrons. The molecule has 0 aliphatic heterocycles. The summed E-state index contributed by atoms with van der Waals surface area (Å²) in [6, 6.07) is 6.85. The second-order valence-electron chi connectivity index (χ2n) is 3.62. The van der Waals surface area contributed by atoms with Crippen molar-refractivity contribution in [1.29, 1.82) is 0 Å². The van der Waals surface area contributed by atoms with Crippen molar-refractivity contribution in [3.8, 4) is 5.75 Å². The van der Waals surface area contributed by atoms with Gasteiger partial charge in [-0.15, -0.1) is 0 Å². The Bertz CT molecular complexity index is 471. The van der Waals surface area contributed by atoms with E-state index in [0.29, 0.717) is 5.75 Å². The number of esters is 1. The molecular weight excluding hydrogens is 238 g/mol. The normalized spacial score (nSPS) is 11.6. The summed E-state index contributed by atoms with van der Waals surface area (Å²) in [5, 5.41) is 0. The van der Waals surface area contributed by atoms with Gasteiger partial charge in [0.15, 0.2) is 0 Å². The van der Waals surface area contributed by atoms with Crippen LogP contribution in [0.1, 0.15) is 25.3 Å². The molecule has 17 heavy (non-hydrogen) atoms. The number of amides is 1. The second kappa shape index (κ2) is 5.54. The summed E-state index contributed by atoms with van der Waals surface area (Å²) in [5.74, 6) is -0.857. The average molecular weight is 251 g/mol. The number of hydrogen-bond donors (Lipinski definition) is 1. The number of benzene rings is 1.